The van der Waals surface area contributed by atoms with Gasteiger partial charge in [-0.1, -0.05) is 30.7 Å². The van der Waals surface area contributed by atoms with Gasteiger partial charge in [0.15, 0.2) is 6.73 Å². The number of benzene rings is 1. The van der Waals surface area contributed by atoms with Crippen LogP contribution in [0.15, 0.2) is 42.1 Å². The zero-order valence-corrected chi connectivity index (χ0v) is 23.0. The van der Waals surface area contributed by atoms with Crippen LogP contribution in [-0.2, 0) is 32.2 Å². The summed E-state index contributed by atoms with van der Waals surface area (Å²) in [4.78, 5) is 65.6. The third kappa shape index (κ3) is 7.54. The van der Waals surface area contributed by atoms with E-state index in [2.05, 4.69) is 10.6 Å². The molecule has 12 heteroatoms. The Morgan fingerprint density at radius 1 is 1.20 bits per heavy atom. The summed E-state index contributed by atoms with van der Waals surface area (Å²) in [6.07, 6.45) is 7.35. The van der Waals surface area contributed by atoms with Gasteiger partial charge in [0.2, 0.25) is 5.91 Å². The van der Waals surface area contributed by atoms with Crippen molar-refractivity contribution in [3.63, 3.8) is 0 Å². The fraction of sp³-hybridized carbons (Fsp3) is 0.464. The van der Waals surface area contributed by atoms with E-state index in [0.717, 1.165) is 22.4 Å². The number of imide groups is 1. The maximum absolute atomic E-state index is 13.2. The quantitative estimate of drug-likeness (QED) is 0.130. The largest absolute Gasteiger partial charge is 0.443 e. The number of unbranched alkanes of at least 4 members (excludes halogenated alkanes) is 1. The molecule has 2 atom stereocenters. The lowest BCUT2D eigenvalue weighted by atomic mass is 10.0. The molecule has 5 amide bonds. The monoisotopic (exact) mass is 554 g/mol. The van der Waals surface area contributed by atoms with E-state index in [1.54, 1.807) is 24.3 Å². The summed E-state index contributed by atoms with van der Waals surface area (Å²) in [6.45, 7) is 4.04. The molecule has 2 aliphatic rings. The summed E-state index contributed by atoms with van der Waals surface area (Å²) in [7, 11) is 0. The first kappa shape index (κ1) is 30.5. The van der Waals surface area contributed by atoms with Gasteiger partial charge in [0.25, 0.3) is 11.8 Å². The summed E-state index contributed by atoms with van der Waals surface area (Å²) < 4.78 is 5.16. The van der Waals surface area contributed by atoms with Gasteiger partial charge in [-0.15, -0.1) is 0 Å². The molecule has 216 valence electrons. The Labute approximate surface area is 233 Å². The molecule has 6 N–H and O–H groups in total. The van der Waals surface area contributed by atoms with Gasteiger partial charge in [0, 0.05) is 30.8 Å². The SMILES string of the molecule is C/C=C\C(=C/C)NC(=O)NCc1ccc2c(c1)CN(C1CCC(=O)N(COC(=O)C(N)CCCCN)C1=O)C2=O. The number of amides is 5. The Hall–Kier alpha value is -4.03. The first-order chi connectivity index (χ1) is 19.2. The van der Waals surface area contributed by atoms with Crippen LogP contribution >= 0.6 is 0 Å². The summed E-state index contributed by atoms with van der Waals surface area (Å²) in [5, 5.41) is 5.53. The van der Waals surface area contributed by atoms with E-state index in [9.17, 15) is 24.0 Å². The predicted molar refractivity (Wildman–Crippen MR) is 147 cm³/mol. The van der Waals surface area contributed by atoms with Crippen LogP contribution in [-0.4, -0.2) is 64.9 Å². The second-order valence-electron chi connectivity index (χ2n) is 9.67. The first-order valence-corrected chi connectivity index (χ1v) is 13.4. The van der Waals surface area contributed by atoms with E-state index in [-0.39, 0.29) is 37.9 Å². The van der Waals surface area contributed by atoms with Crippen molar-refractivity contribution in [2.75, 3.05) is 13.3 Å². The number of ether oxygens (including phenoxy) is 1. The van der Waals surface area contributed by atoms with Crippen molar-refractivity contribution in [3.05, 3.63) is 58.8 Å². The van der Waals surface area contributed by atoms with Crippen LogP contribution in [0.1, 0.15) is 67.4 Å². The number of hydrogen-bond acceptors (Lipinski definition) is 8. The zero-order valence-electron chi connectivity index (χ0n) is 23.0. The summed E-state index contributed by atoms with van der Waals surface area (Å²) in [5.41, 5.74) is 13.9. The highest BCUT2D eigenvalue weighted by Crippen LogP contribution is 2.29. The van der Waals surface area contributed by atoms with Crippen molar-refractivity contribution < 1.29 is 28.7 Å². The number of nitrogens with zero attached hydrogens (tertiary/aromatic N) is 2. The Balaban J connectivity index is 1.60. The molecule has 0 bridgehead atoms. The Bertz CT molecular complexity index is 1200. The van der Waals surface area contributed by atoms with Crippen molar-refractivity contribution in [1.29, 1.82) is 0 Å². The van der Waals surface area contributed by atoms with E-state index in [4.69, 9.17) is 16.2 Å². The molecule has 2 aliphatic heterocycles. The Morgan fingerprint density at radius 2 is 1.98 bits per heavy atom. The number of carbonyl (C=O) groups excluding carboxylic acids is 5. The maximum Gasteiger partial charge on any atom is 0.324 e. The van der Waals surface area contributed by atoms with Gasteiger partial charge < -0.3 is 31.7 Å². The lowest BCUT2D eigenvalue weighted by Crippen LogP contribution is -2.55. The number of carbonyl (C=O) groups is 5. The molecule has 40 heavy (non-hydrogen) atoms. The molecule has 1 fully saturated rings. The number of allylic oxidation sites excluding steroid dienone is 3. The zero-order chi connectivity index (χ0) is 29.2. The molecular formula is C28H38N6O6. The van der Waals surface area contributed by atoms with Crippen LogP contribution in [0.2, 0.25) is 0 Å². The van der Waals surface area contributed by atoms with Gasteiger partial charge in [-0.3, -0.25) is 19.2 Å². The molecule has 1 aromatic carbocycles. The van der Waals surface area contributed by atoms with E-state index in [1.165, 1.54) is 4.90 Å². The number of fused-ring (bicyclic) bond motifs is 1. The van der Waals surface area contributed by atoms with Crippen molar-refractivity contribution >= 4 is 29.7 Å². The molecule has 0 aromatic heterocycles. The topological polar surface area (TPSA) is 177 Å². The average molecular weight is 555 g/mol. The second-order valence-corrected chi connectivity index (χ2v) is 9.67. The number of likely N-dealkylation sites (tertiary alicyclic amines) is 1. The van der Waals surface area contributed by atoms with E-state index in [1.807, 2.05) is 26.0 Å². The summed E-state index contributed by atoms with van der Waals surface area (Å²) in [6, 6.07) is 3.14. The van der Waals surface area contributed by atoms with E-state index < -0.39 is 36.6 Å². The van der Waals surface area contributed by atoms with Gasteiger partial charge in [-0.25, -0.2) is 9.69 Å². The van der Waals surface area contributed by atoms with Crippen molar-refractivity contribution in [3.8, 4) is 0 Å². The van der Waals surface area contributed by atoms with Crippen LogP contribution in [0.4, 0.5) is 4.79 Å². The molecule has 1 saturated heterocycles. The number of nitrogens with two attached hydrogens (primary N) is 2. The smallest absolute Gasteiger partial charge is 0.324 e. The number of hydrogen-bond donors (Lipinski definition) is 4. The highest BCUT2D eigenvalue weighted by atomic mass is 16.5. The predicted octanol–water partition coefficient (Wildman–Crippen LogP) is 1.40. The standard InChI is InChI=1S/C28H38N6O6/c1-3-7-20(4-2)32-28(39)31-15-18-9-10-21-19(14-18)16-33(25(21)36)23-11-12-24(35)34(26(23)37)17-40-27(38)22(30)8-5-6-13-29/h3-4,7,9-10,14,22-23H,5-6,8,11-13,15-17,29-30H2,1-2H3,(H2,31,32,39)/b7-3-,20-4+. The molecule has 0 spiro atoms. The lowest BCUT2D eigenvalue weighted by Gasteiger charge is -2.35. The van der Waals surface area contributed by atoms with Crippen molar-refractivity contribution in [2.24, 2.45) is 11.5 Å². The van der Waals surface area contributed by atoms with Gasteiger partial charge in [-0.05, 0) is 62.9 Å². The molecule has 2 unspecified atom stereocenters. The highest BCUT2D eigenvalue weighted by Gasteiger charge is 2.43. The number of rotatable bonds is 12. The fourth-order valence-electron chi connectivity index (χ4n) is 4.61. The molecule has 0 radical (unpaired) electrons. The molecule has 12 nitrogen and oxygen atoms in total. The molecule has 3 rings (SSSR count). The van der Waals surface area contributed by atoms with Gasteiger partial charge in [0.05, 0.1) is 0 Å². The molecular weight excluding hydrogens is 516 g/mol. The lowest BCUT2D eigenvalue weighted by molar-refractivity contribution is -0.164. The number of esters is 1. The average Bonchev–Trinajstić information content (AvgIpc) is 3.26. The van der Waals surface area contributed by atoms with Crippen LogP contribution in [0.3, 0.4) is 0 Å². The van der Waals surface area contributed by atoms with Crippen LogP contribution in [0, 0.1) is 0 Å². The van der Waals surface area contributed by atoms with Crippen molar-refractivity contribution in [2.45, 2.75) is 71.1 Å². The number of urea groups is 1. The maximum atomic E-state index is 13.2. The molecule has 1 aromatic rings. The third-order valence-corrected chi connectivity index (χ3v) is 6.84. The van der Waals surface area contributed by atoms with Gasteiger partial charge in [0.1, 0.15) is 12.1 Å². The molecule has 0 saturated carbocycles. The Kier molecular flexibility index (Phi) is 11.0. The molecule has 2 heterocycles. The van der Waals surface area contributed by atoms with Gasteiger partial charge in [-0.2, -0.15) is 0 Å². The van der Waals surface area contributed by atoms with Crippen molar-refractivity contribution in [1.82, 2.24) is 20.4 Å². The van der Waals surface area contributed by atoms with Crippen LogP contribution < -0.4 is 22.1 Å². The minimum absolute atomic E-state index is 0.0301. The summed E-state index contributed by atoms with van der Waals surface area (Å²) in [5.74, 6) is -2.09. The van der Waals surface area contributed by atoms with Gasteiger partial charge >= 0.3 is 12.0 Å². The Morgan fingerprint density at radius 3 is 2.67 bits per heavy atom. The van der Waals surface area contributed by atoms with Crippen LogP contribution in [0.5, 0.6) is 0 Å². The summed E-state index contributed by atoms with van der Waals surface area (Å²) >= 11 is 0. The normalized spacial score (nSPS) is 18.2. The minimum atomic E-state index is -0.875. The number of piperidine rings is 1. The van der Waals surface area contributed by atoms with E-state index >= 15 is 0 Å². The minimum Gasteiger partial charge on any atom is -0.443 e. The molecule has 0 aliphatic carbocycles. The highest BCUT2D eigenvalue weighted by molar-refractivity contribution is 6.05. The second kappa shape index (κ2) is 14.4. The van der Waals surface area contributed by atoms with Crippen LogP contribution in [0.25, 0.3) is 0 Å². The number of nitrogens with one attached hydrogen (secondary N) is 2. The van der Waals surface area contributed by atoms with E-state index in [0.29, 0.717) is 30.6 Å². The first-order valence-electron chi connectivity index (χ1n) is 13.4. The third-order valence-electron chi connectivity index (χ3n) is 6.84. The fourth-order valence-corrected chi connectivity index (χ4v) is 4.61.